The molecule has 22 heavy (non-hydrogen) atoms. The summed E-state index contributed by atoms with van der Waals surface area (Å²) in [6.45, 7) is 3.72. The van der Waals surface area contributed by atoms with Crippen molar-refractivity contribution in [2.75, 3.05) is 6.54 Å². The summed E-state index contributed by atoms with van der Waals surface area (Å²) < 4.78 is 2.26. The van der Waals surface area contributed by atoms with Crippen LogP contribution in [0.4, 0.5) is 0 Å². The Bertz CT molecular complexity index is 463. The molecule has 0 spiro atoms. The Morgan fingerprint density at radius 1 is 1.36 bits per heavy atom. The van der Waals surface area contributed by atoms with E-state index in [1.807, 2.05) is 6.92 Å². The van der Waals surface area contributed by atoms with E-state index in [0.717, 1.165) is 50.3 Å². The topological polar surface area (TPSA) is 85.8 Å². The van der Waals surface area contributed by atoms with Gasteiger partial charge in [-0.25, -0.2) is 0 Å². The minimum absolute atomic E-state index is 0. The van der Waals surface area contributed by atoms with E-state index in [1.54, 1.807) is 0 Å². The largest absolute Gasteiger partial charge is 0.355 e. The summed E-state index contributed by atoms with van der Waals surface area (Å²) in [4.78, 5) is 11.7. The summed E-state index contributed by atoms with van der Waals surface area (Å²) in [5, 5.41) is 11.5. The molecule has 1 aromatic rings. The fraction of sp³-hybridized carbons (Fsp3) is 0.800. The van der Waals surface area contributed by atoms with E-state index in [0.29, 0.717) is 6.54 Å². The van der Waals surface area contributed by atoms with Crippen LogP contribution in [-0.4, -0.2) is 33.3 Å². The number of hydrogen-bond acceptors (Lipinski definition) is 4. The first-order valence-corrected chi connectivity index (χ1v) is 8.16. The van der Waals surface area contributed by atoms with Crippen LogP contribution in [0.1, 0.15) is 57.1 Å². The number of nitrogens with one attached hydrogen (secondary N) is 1. The molecule has 0 radical (unpaired) electrons. The van der Waals surface area contributed by atoms with Crippen LogP contribution in [0.25, 0.3) is 0 Å². The Morgan fingerprint density at radius 3 is 2.95 bits per heavy atom. The number of halogens is 1. The standard InChI is InChI=1S/C15H27N5O.ClH/c1-2-7-12(16)15(21)17-10-6-9-14-19-18-13-8-4-3-5-11-20(13)14;/h12H,2-11,16H2,1H3,(H,17,21);1H. The van der Waals surface area contributed by atoms with Crippen LogP contribution in [0.5, 0.6) is 0 Å². The maximum Gasteiger partial charge on any atom is 0.236 e. The van der Waals surface area contributed by atoms with Gasteiger partial charge in [0, 0.05) is 25.9 Å². The lowest BCUT2D eigenvalue weighted by atomic mass is 10.1. The lowest BCUT2D eigenvalue weighted by molar-refractivity contribution is -0.122. The Balaban J connectivity index is 0.00000242. The van der Waals surface area contributed by atoms with Crippen molar-refractivity contribution in [3.8, 4) is 0 Å². The van der Waals surface area contributed by atoms with Crippen LogP contribution >= 0.6 is 12.4 Å². The predicted octanol–water partition coefficient (Wildman–Crippen LogP) is 1.60. The average molecular weight is 330 g/mol. The minimum Gasteiger partial charge on any atom is -0.355 e. The molecule has 1 atom stereocenters. The quantitative estimate of drug-likeness (QED) is 0.744. The molecule has 1 unspecified atom stereocenters. The van der Waals surface area contributed by atoms with E-state index in [4.69, 9.17) is 5.73 Å². The summed E-state index contributed by atoms with van der Waals surface area (Å²) >= 11 is 0. The predicted molar refractivity (Wildman–Crippen MR) is 89.0 cm³/mol. The molecular weight excluding hydrogens is 302 g/mol. The van der Waals surface area contributed by atoms with Gasteiger partial charge in [-0.1, -0.05) is 19.8 Å². The molecule has 1 amide bonds. The number of carbonyl (C=O) groups excluding carboxylic acids is 1. The normalized spacial score (nSPS) is 15.4. The van der Waals surface area contributed by atoms with Crippen molar-refractivity contribution in [1.29, 1.82) is 0 Å². The Kier molecular flexibility index (Phi) is 8.42. The number of aryl methyl sites for hydroxylation is 2. The zero-order valence-corrected chi connectivity index (χ0v) is 14.2. The molecule has 0 bridgehead atoms. The molecule has 1 aliphatic rings. The molecule has 2 heterocycles. The Hall–Kier alpha value is -1.14. The van der Waals surface area contributed by atoms with Crippen LogP contribution in [0, 0.1) is 0 Å². The minimum atomic E-state index is -0.376. The molecule has 3 N–H and O–H groups in total. The Labute approximate surface area is 138 Å². The fourth-order valence-electron chi connectivity index (χ4n) is 2.76. The van der Waals surface area contributed by atoms with Gasteiger partial charge in [0.15, 0.2) is 0 Å². The molecule has 1 aliphatic heterocycles. The van der Waals surface area contributed by atoms with Crippen molar-refractivity contribution in [3.05, 3.63) is 11.6 Å². The second-order valence-electron chi connectivity index (χ2n) is 5.78. The molecule has 126 valence electrons. The molecule has 2 rings (SSSR count). The fourth-order valence-corrected chi connectivity index (χ4v) is 2.76. The zero-order chi connectivity index (χ0) is 15.1. The van der Waals surface area contributed by atoms with Crippen molar-refractivity contribution in [3.63, 3.8) is 0 Å². The molecule has 0 fully saturated rings. The SMILES string of the molecule is CCCC(N)C(=O)NCCCc1nnc2n1CCCCC2.Cl. The summed E-state index contributed by atoms with van der Waals surface area (Å²) in [7, 11) is 0. The summed E-state index contributed by atoms with van der Waals surface area (Å²) in [5.74, 6) is 2.13. The number of carbonyl (C=O) groups is 1. The monoisotopic (exact) mass is 329 g/mol. The van der Waals surface area contributed by atoms with Gasteiger partial charge in [0.1, 0.15) is 11.6 Å². The number of rotatable bonds is 7. The van der Waals surface area contributed by atoms with E-state index in [-0.39, 0.29) is 24.4 Å². The number of hydrogen-bond donors (Lipinski definition) is 2. The highest BCUT2D eigenvalue weighted by Gasteiger charge is 2.15. The van der Waals surface area contributed by atoms with E-state index in [1.165, 1.54) is 19.3 Å². The van der Waals surface area contributed by atoms with Crippen LogP contribution in [-0.2, 0) is 24.2 Å². The lowest BCUT2D eigenvalue weighted by Gasteiger charge is -2.11. The number of amides is 1. The molecule has 7 heteroatoms. The molecule has 0 saturated heterocycles. The highest BCUT2D eigenvalue weighted by molar-refractivity contribution is 5.85. The van der Waals surface area contributed by atoms with Crippen LogP contribution in [0.3, 0.4) is 0 Å². The first kappa shape index (κ1) is 18.9. The molecule has 0 saturated carbocycles. The number of aromatic nitrogens is 3. The van der Waals surface area contributed by atoms with Crippen molar-refractivity contribution in [1.82, 2.24) is 20.1 Å². The molecular formula is C15H28ClN5O. The first-order valence-electron chi connectivity index (χ1n) is 8.16. The highest BCUT2D eigenvalue weighted by atomic mass is 35.5. The van der Waals surface area contributed by atoms with Crippen LogP contribution in [0.15, 0.2) is 0 Å². The van der Waals surface area contributed by atoms with E-state index in [2.05, 4.69) is 20.1 Å². The molecule has 0 aliphatic carbocycles. The van der Waals surface area contributed by atoms with Gasteiger partial charge in [-0.15, -0.1) is 22.6 Å². The molecule has 1 aromatic heterocycles. The highest BCUT2D eigenvalue weighted by Crippen LogP contribution is 2.15. The van der Waals surface area contributed by atoms with E-state index in [9.17, 15) is 4.79 Å². The third-order valence-corrected chi connectivity index (χ3v) is 4.00. The van der Waals surface area contributed by atoms with Gasteiger partial charge in [0.05, 0.1) is 6.04 Å². The smallest absolute Gasteiger partial charge is 0.236 e. The van der Waals surface area contributed by atoms with Gasteiger partial charge in [-0.05, 0) is 25.7 Å². The molecule has 0 aromatic carbocycles. The van der Waals surface area contributed by atoms with Gasteiger partial charge in [0.25, 0.3) is 0 Å². The van der Waals surface area contributed by atoms with Crippen LogP contribution in [0.2, 0.25) is 0 Å². The third-order valence-electron chi connectivity index (χ3n) is 4.00. The van der Waals surface area contributed by atoms with Crippen molar-refractivity contribution < 1.29 is 4.79 Å². The second kappa shape index (κ2) is 9.79. The van der Waals surface area contributed by atoms with Gasteiger partial charge >= 0.3 is 0 Å². The van der Waals surface area contributed by atoms with E-state index >= 15 is 0 Å². The van der Waals surface area contributed by atoms with E-state index < -0.39 is 0 Å². The van der Waals surface area contributed by atoms with Gasteiger partial charge in [0.2, 0.25) is 5.91 Å². The third kappa shape index (κ3) is 5.25. The average Bonchev–Trinajstić information content (AvgIpc) is 2.71. The number of nitrogens with two attached hydrogens (primary N) is 1. The lowest BCUT2D eigenvalue weighted by Crippen LogP contribution is -2.40. The number of fused-ring (bicyclic) bond motifs is 1. The van der Waals surface area contributed by atoms with Crippen molar-refractivity contribution in [2.45, 2.75) is 70.9 Å². The maximum atomic E-state index is 11.7. The van der Waals surface area contributed by atoms with Crippen LogP contribution < -0.4 is 11.1 Å². The zero-order valence-electron chi connectivity index (χ0n) is 13.4. The van der Waals surface area contributed by atoms with Gasteiger partial charge in [-0.2, -0.15) is 0 Å². The van der Waals surface area contributed by atoms with Crippen molar-refractivity contribution >= 4 is 18.3 Å². The Morgan fingerprint density at radius 2 is 2.18 bits per heavy atom. The van der Waals surface area contributed by atoms with Gasteiger partial charge in [-0.3, -0.25) is 4.79 Å². The van der Waals surface area contributed by atoms with Crippen molar-refractivity contribution in [2.24, 2.45) is 5.73 Å². The maximum absolute atomic E-state index is 11.7. The second-order valence-corrected chi connectivity index (χ2v) is 5.78. The summed E-state index contributed by atoms with van der Waals surface area (Å²) in [6.07, 6.45) is 8.14. The molecule has 6 nitrogen and oxygen atoms in total. The first-order chi connectivity index (χ1) is 10.2. The number of nitrogens with zero attached hydrogens (tertiary/aromatic N) is 3. The van der Waals surface area contributed by atoms with Gasteiger partial charge < -0.3 is 15.6 Å². The summed E-state index contributed by atoms with van der Waals surface area (Å²) in [6, 6.07) is -0.376. The summed E-state index contributed by atoms with van der Waals surface area (Å²) in [5.41, 5.74) is 5.77.